The van der Waals surface area contributed by atoms with Crippen molar-refractivity contribution in [2.75, 3.05) is 241 Å². The van der Waals surface area contributed by atoms with Crippen LogP contribution in [0.5, 0.6) is 0 Å². The fourth-order valence-corrected chi connectivity index (χ4v) is 18.2. The predicted octanol–water partition coefficient (Wildman–Crippen LogP) is 15.8. The summed E-state index contributed by atoms with van der Waals surface area (Å²) in [6, 6.07) is 61.3. The molecular weight excluding hydrogens is 1870 g/mol. The van der Waals surface area contributed by atoms with Crippen molar-refractivity contribution < 1.29 is 47.4 Å². The fourth-order valence-electron chi connectivity index (χ4n) is 18.2. The lowest BCUT2D eigenvalue weighted by atomic mass is 10.1. The zero-order valence-electron chi connectivity index (χ0n) is 84.0. The van der Waals surface area contributed by atoms with Crippen LogP contribution in [0.2, 0.25) is 0 Å². The molecule has 38 nitrogen and oxygen atoms in total. The number of aliphatic hydroxyl groups excluding tert-OH is 1. The molecule has 0 saturated carbocycles. The summed E-state index contributed by atoms with van der Waals surface area (Å²) < 4.78 is 59.6. The minimum Gasteiger partial charge on any atom is -0.396 e. The second kappa shape index (κ2) is 48.7. The number of hydrogen-bond donors (Lipinski definition) is 11. The number of nitrogens with one attached hydrogen (secondary N) is 10. The Hall–Kier alpha value is -15.2. The van der Waals surface area contributed by atoms with Gasteiger partial charge in [-0.3, -0.25) is 0 Å². The highest BCUT2D eigenvalue weighted by molar-refractivity contribution is 5.96. The third-order valence-corrected chi connectivity index (χ3v) is 25.4. The average molecular weight is 1990 g/mol. The summed E-state index contributed by atoms with van der Waals surface area (Å²) in [5.74, 6) is 9.07. The number of imidazole rings is 5. The molecule has 15 heterocycles. The Kier molecular flexibility index (Phi) is 33.3. The number of aryl methyl sites for hydroxylation is 6. The number of nitrogens with zero attached hydrogens (tertiary/aromatic N) is 19. The van der Waals surface area contributed by atoms with Gasteiger partial charge < -0.3 is 124 Å². The highest BCUT2D eigenvalue weighted by atomic mass is 19.1. The number of ether oxygens (including phenoxy) is 8. The number of fused-ring (bicyclic) bond motifs is 5. The summed E-state index contributed by atoms with van der Waals surface area (Å²) in [5, 5.41) is 25.9. The van der Waals surface area contributed by atoms with Crippen molar-refractivity contribution in [1.82, 2.24) is 89.7 Å². The predicted molar refractivity (Wildman–Crippen MR) is 573 cm³/mol. The number of hydrogen-bond acceptors (Lipinski definition) is 33. The second-order valence-electron chi connectivity index (χ2n) is 36.8. The molecule has 23 rings (SSSR count). The molecule has 6 aliphatic rings. The van der Waals surface area contributed by atoms with E-state index in [1.807, 2.05) is 122 Å². The number of benzene rings is 8. The molecule has 9 aromatic heterocycles. The van der Waals surface area contributed by atoms with Crippen LogP contribution in [0.15, 0.2) is 182 Å². The molecule has 764 valence electrons. The fraction of sp³-hybridized carbons (Fsp3) is 0.361. The highest BCUT2D eigenvalue weighted by Crippen LogP contribution is 2.39. The Labute approximate surface area is 851 Å². The maximum atomic E-state index is 15.6. The minimum absolute atomic E-state index is 0.00683. The number of methoxy groups -OCH3 is 1. The molecule has 6 saturated heterocycles. The zero-order valence-corrected chi connectivity index (χ0v) is 84.0. The quantitative estimate of drug-likeness (QED) is 0.0203. The SMILES string of the molecule is COCCc1nc(N2CCOCC2)c2[nH]c(Nc3cccc(C)c3)nc2n1.Cc1cccc(Cc2nc3nc(Nc4cccc(C)c4)nc(N4CCOCC4)c3[nH]2)c1.Cc1cccc(Nc2nc3c(F)c(N4CCOCC4)cc(N4CCOCC4)c3[nH]2)c1.Cc1cccc(Nc2nc3nc(CCO)nc(N4CCOCC4)c3[nH]2)c1.Cc1cccc(Nc2nc3nc(CCOCc4ccccc4)nc(N4CCOCC4)c3[nH]2)c1. The summed E-state index contributed by atoms with van der Waals surface area (Å²) in [4.78, 5) is 91.0. The van der Waals surface area contributed by atoms with E-state index in [-0.39, 0.29) is 12.4 Å². The van der Waals surface area contributed by atoms with Gasteiger partial charge >= 0.3 is 0 Å². The Morgan fingerprint density at radius 2 is 0.660 bits per heavy atom. The van der Waals surface area contributed by atoms with Gasteiger partial charge in [-0.2, -0.15) is 24.9 Å². The van der Waals surface area contributed by atoms with Crippen molar-refractivity contribution in [3.63, 3.8) is 0 Å². The van der Waals surface area contributed by atoms with E-state index in [0.29, 0.717) is 206 Å². The Morgan fingerprint density at radius 3 is 1.06 bits per heavy atom. The summed E-state index contributed by atoms with van der Waals surface area (Å²) in [6.45, 7) is 31.3. The normalized spacial score (nSPS) is 15.0. The zero-order chi connectivity index (χ0) is 101. The molecule has 0 amide bonds. The average Bonchev–Trinajstić information content (AvgIpc) is 1.66. The molecule has 0 aliphatic carbocycles. The van der Waals surface area contributed by atoms with Gasteiger partial charge in [0, 0.05) is 140 Å². The number of aromatic nitrogens is 18. The van der Waals surface area contributed by atoms with Crippen LogP contribution in [0.4, 0.5) is 97.2 Å². The number of aliphatic hydroxyl groups is 1. The lowest BCUT2D eigenvalue weighted by Gasteiger charge is -2.32. The van der Waals surface area contributed by atoms with Crippen molar-refractivity contribution in [2.45, 2.75) is 73.8 Å². The molecule has 0 unspecified atom stereocenters. The number of rotatable bonds is 28. The van der Waals surface area contributed by atoms with E-state index < -0.39 is 0 Å². The highest BCUT2D eigenvalue weighted by Gasteiger charge is 2.30. The number of morpholine rings is 6. The largest absolute Gasteiger partial charge is 0.396 e. The van der Waals surface area contributed by atoms with E-state index in [9.17, 15) is 5.11 Å². The third kappa shape index (κ3) is 26.4. The molecule has 147 heavy (non-hydrogen) atoms. The Bertz CT molecular complexity index is 7250. The van der Waals surface area contributed by atoms with Gasteiger partial charge in [0.1, 0.15) is 50.9 Å². The summed E-state index contributed by atoms with van der Waals surface area (Å²) in [7, 11) is 1.68. The summed E-state index contributed by atoms with van der Waals surface area (Å²) in [5.41, 5.74) is 22.8. The van der Waals surface area contributed by atoms with E-state index in [4.69, 9.17) is 72.8 Å². The maximum absolute atomic E-state index is 15.6. The van der Waals surface area contributed by atoms with Crippen LogP contribution in [0.1, 0.15) is 67.8 Å². The van der Waals surface area contributed by atoms with E-state index in [2.05, 4.69) is 212 Å². The lowest BCUT2D eigenvalue weighted by Crippen LogP contribution is -2.38. The van der Waals surface area contributed by atoms with Gasteiger partial charge in [-0.15, -0.1) is 0 Å². The summed E-state index contributed by atoms with van der Waals surface area (Å²) in [6.07, 6.45) is 2.40. The minimum atomic E-state index is -0.294. The number of H-pyrrole nitrogens is 5. The lowest BCUT2D eigenvalue weighted by molar-refractivity contribution is 0.121. The van der Waals surface area contributed by atoms with Gasteiger partial charge in [0.15, 0.2) is 51.7 Å². The standard InChI is InChI=1S/C25H28N6O2.C24H26N6O.C22H26FN5O2.C19H24N6O2.C18H22N6O2/c1-18-6-5-9-20(16-18)26-25-29-22-23(30-25)27-21(28-24(22)31-11-14-32-15-12-31)10-13-33-17-19-7-3-2-4-8-19;1-16-5-3-7-18(13-16)15-20-26-21-22(27-20)28-24(25-19-8-4-6-17(2)14-19)29-23(21)30-9-11-31-12-10-30;1-15-3-2-4-16(13-15)24-22-25-20-18(28-7-11-30-12-8-28)14-17(19(23)21(20)26-22)27-5-9-29-10-6-27;1-13-4-3-5-14(12-13)20-19-23-16-17(24-19)21-15(6-9-26-2)22-18(16)25-7-10-27-11-8-25;1-12-3-2-4-13(11-12)19-18-22-15-16(23-18)20-14(5-8-25)21-17(15)24-6-9-26-10-7-24/h2-9,16H,10-15,17H2,1H3,(H2,26,27,28,29,30);3-8,13-14H,9-12,15H2,1-2H3,(H2,25,26,27,28,29);2-4,13-14H,5-12H2,1H3,(H2,24,25,26);3-5,12H,6-11H2,1-2H3,(H2,20,21,22,23,24);2-4,11,25H,5-10H2,1H3,(H2,19,20,21,22,23). The first kappa shape index (κ1) is 100. The van der Waals surface area contributed by atoms with Gasteiger partial charge in [0.2, 0.25) is 29.7 Å². The van der Waals surface area contributed by atoms with Crippen molar-refractivity contribution in [2.24, 2.45) is 0 Å². The maximum Gasteiger partial charge on any atom is 0.231 e. The molecule has 0 bridgehead atoms. The van der Waals surface area contributed by atoms with Crippen molar-refractivity contribution in [3.05, 3.63) is 256 Å². The monoisotopic (exact) mass is 1990 g/mol. The first-order valence-corrected chi connectivity index (χ1v) is 50.2. The molecule has 8 aromatic carbocycles. The molecule has 11 N–H and O–H groups in total. The van der Waals surface area contributed by atoms with Crippen LogP contribution < -0.4 is 56.0 Å². The van der Waals surface area contributed by atoms with Crippen LogP contribution in [-0.2, 0) is 70.2 Å². The first-order valence-electron chi connectivity index (χ1n) is 50.2. The van der Waals surface area contributed by atoms with Gasteiger partial charge in [0.05, 0.1) is 123 Å². The topological polar surface area (TPSA) is 420 Å². The number of aromatic amines is 5. The van der Waals surface area contributed by atoms with E-state index in [0.717, 1.165) is 180 Å². The van der Waals surface area contributed by atoms with Crippen LogP contribution in [-0.4, -0.2) is 280 Å². The molecule has 0 atom stereocenters. The van der Waals surface area contributed by atoms with Gasteiger partial charge in [-0.25, -0.2) is 44.3 Å². The Balaban J connectivity index is 0.000000116. The van der Waals surface area contributed by atoms with Gasteiger partial charge in [0.25, 0.3) is 0 Å². The van der Waals surface area contributed by atoms with Crippen LogP contribution in [0.3, 0.4) is 0 Å². The van der Waals surface area contributed by atoms with Crippen molar-refractivity contribution in [1.29, 1.82) is 0 Å². The van der Waals surface area contributed by atoms with E-state index in [1.165, 1.54) is 33.4 Å². The molecule has 6 aliphatic heterocycles. The van der Waals surface area contributed by atoms with Gasteiger partial charge in [-0.1, -0.05) is 121 Å². The van der Waals surface area contributed by atoms with E-state index >= 15 is 4.39 Å². The van der Waals surface area contributed by atoms with Crippen molar-refractivity contribution in [3.8, 4) is 0 Å². The second-order valence-corrected chi connectivity index (χ2v) is 36.8. The molecule has 39 heteroatoms. The van der Waals surface area contributed by atoms with Crippen LogP contribution in [0.25, 0.3) is 55.7 Å². The van der Waals surface area contributed by atoms with Gasteiger partial charge in [-0.05, 0) is 147 Å². The summed E-state index contributed by atoms with van der Waals surface area (Å²) >= 11 is 0. The number of anilines is 16. The van der Waals surface area contributed by atoms with E-state index in [1.54, 1.807) is 7.11 Å². The Morgan fingerprint density at radius 1 is 0.320 bits per heavy atom. The molecule has 0 radical (unpaired) electrons. The van der Waals surface area contributed by atoms with Crippen molar-refractivity contribution >= 4 is 149 Å². The molecule has 17 aromatic rings. The number of halogens is 1. The van der Waals surface area contributed by atoms with Crippen LogP contribution >= 0.6 is 0 Å². The molecular formula is C108H126FN29O9. The molecule has 6 fully saturated rings. The first-order chi connectivity index (χ1) is 72.0. The smallest absolute Gasteiger partial charge is 0.231 e. The molecule has 0 spiro atoms. The van der Waals surface area contributed by atoms with Crippen LogP contribution in [0, 0.1) is 47.4 Å². The third-order valence-electron chi connectivity index (χ3n) is 25.4.